The first-order valence-electron chi connectivity index (χ1n) is 8.54. The van der Waals surface area contributed by atoms with Gasteiger partial charge in [-0.25, -0.2) is 0 Å². The monoisotopic (exact) mass is 406 g/mol. The van der Waals surface area contributed by atoms with Crippen LogP contribution in [0.15, 0.2) is 24.3 Å². The van der Waals surface area contributed by atoms with E-state index in [1.807, 2.05) is 19.1 Å². The van der Waals surface area contributed by atoms with Crippen molar-refractivity contribution in [3.8, 4) is 0 Å². The van der Waals surface area contributed by atoms with Crippen LogP contribution in [0.3, 0.4) is 0 Å². The van der Waals surface area contributed by atoms with Crippen molar-refractivity contribution in [2.45, 2.75) is 37.3 Å². The molecule has 1 aliphatic heterocycles. The number of hydrogen-bond donors (Lipinski definition) is 0. The van der Waals surface area contributed by atoms with Gasteiger partial charge in [0.15, 0.2) is 6.10 Å². The van der Waals surface area contributed by atoms with Gasteiger partial charge in [-0.2, -0.15) is 0 Å². The zero-order chi connectivity index (χ0) is 17.9. The molecule has 2 bridgehead atoms. The van der Waals surface area contributed by atoms with Crippen molar-refractivity contribution in [1.82, 2.24) is 0 Å². The number of alkyl halides is 1. The molecule has 0 amide bonds. The van der Waals surface area contributed by atoms with Crippen LogP contribution in [0.5, 0.6) is 0 Å². The Morgan fingerprint density at radius 3 is 2.60 bits per heavy atom. The number of rotatable bonds is 4. The summed E-state index contributed by atoms with van der Waals surface area (Å²) >= 11 is 3.57. The Bertz CT molecular complexity index is 743. The van der Waals surface area contributed by atoms with Gasteiger partial charge in [-0.3, -0.25) is 14.4 Å². The van der Waals surface area contributed by atoms with E-state index in [2.05, 4.69) is 15.9 Å². The van der Waals surface area contributed by atoms with E-state index in [9.17, 15) is 14.4 Å². The lowest BCUT2D eigenvalue weighted by Gasteiger charge is -2.27. The first kappa shape index (κ1) is 16.8. The Hall–Kier alpha value is -1.69. The summed E-state index contributed by atoms with van der Waals surface area (Å²) in [6.45, 7) is 3.52. The molecule has 3 aliphatic rings. The van der Waals surface area contributed by atoms with Crippen molar-refractivity contribution >= 4 is 33.7 Å². The fourth-order valence-electron chi connectivity index (χ4n) is 4.55. The third kappa shape index (κ3) is 2.53. The van der Waals surface area contributed by atoms with E-state index in [-0.39, 0.29) is 34.5 Å². The van der Waals surface area contributed by atoms with Crippen molar-refractivity contribution < 1.29 is 23.9 Å². The molecule has 0 spiro atoms. The van der Waals surface area contributed by atoms with Crippen molar-refractivity contribution in [3.05, 3.63) is 35.4 Å². The largest absolute Gasteiger partial charge is 0.461 e. The molecule has 0 unspecified atom stereocenters. The summed E-state index contributed by atoms with van der Waals surface area (Å²) < 4.78 is 10.9. The van der Waals surface area contributed by atoms with Crippen LogP contribution in [0.25, 0.3) is 0 Å². The molecule has 1 aromatic carbocycles. The van der Waals surface area contributed by atoms with Crippen molar-refractivity contribution in [1.29, 1.82) is 0 Å². The van der Waals surface area contributed by atoms with E-state index >= 15 is 0 Å². The van der Waals surface area contributed by atoms with Gasteiger partial charge in [0.1, 0.15) is 6.10 Å². The summed E-state index contributed by atoms with van der Waals surface area (Å²) in [6.07, 6.45) is -0.216. The molecule has 0 aromatic heterocycles. The first-order chi connectivity index (χ1) is 11.9. The molecule has 0 N–H and O–H groups in total. The van der Waals surface area contributed by atoms with E-state index in [0.717, 1.165) is 12.0 Å². The van der Waals surface area contributed by atoms with E-state index in [4.69, 9.17) is 9.47 Å². The standard InChI is InChI=1S/C19H19BrO5/c1-8-3-5-10(6-4-8)16(21)9(2)24-18(22)13-11-7-12-14(13)19(23)25-17(12)15(11)20/h3-6,9,11-15,17H,7H2,1-2H3/t9-,11+,12+,13+,14+,15+,17-/m0/s1. The van der Waals surface area contributed by atoms with Crippen LogP contribution >= 0.6 is 15.9 Å². The van der Waals surface area contributed by atoms with Gasteiger partial charge in [-0.15, -0.1) is 0 Å². The Morgan fingerprint density at radius 1 is 1.24 bits per heavy atom. The molecule has 7 atom stereocenters. The maximum atomic E-state index is 12.7. The molecule has 132 valence electrons. The van der Waals surface area contributed by atoms with E-state index in [0.29, 0.717) is 5.56 Å². The van der Waals surface area contributed by atoms with Gasteiger partial charge in [0.25, 0.3) is 0 Å². The molecule has 2 aliphatic carbocycles. The molecular formula is C19H19BrO5. The molecule has 2 saturated carbocycles. The fraction of sp³-hybridized carbons (Fsp3) is 0.526. The van der Waals surface area contributed by atoms with Gasteiger partial charge in [-0.05, 0) is 26.2 Å². The van der Waals surface area contributed by atoms with Gasteiger partial charge in [-0.1, -0.05) is 45.8 Å². The van der Waals surface area contributed by atoms with Gasteiger partial charge >= 0.3 is 11.9 Å². The number of carbonyl (C=O) groups excluding carboxylic acids is 3. The van der Waals surface area contributed by atoms with E-state index < -0.39 is 23.9 Å². The number of halogens is 1. The van der Waals surface area contributed by atoms with Crippen LogP contribution < -0.4 is 0 Å². The predicted molar refractivity (Wildman–Crippen MR) is 92.2 cm³/mol. The maximum Gasteiger partial charge on any atom is 0.310 e. The summed E-state index contributed by atoms with van der Waals surface area (Å²) in [7, 11) is 0. The molecule has 6 heteroatoms. The molecule has 1 aromatic rings. The second-order valence-corrected chi connectivity index (χ2v) is 8.33. The van der Waals surface area contributed by atoms with Crippen LogP contribution in [-0.4, -0.2) is 34.8 Å². The highest BCUT2D eigenvalue weighted by Crippen LogP contribution is 2.60. The zero-order valence-electron chi connectivity index (χ0n) is 14.0. The number of Topliss-reactive ketones (excluding diaryl/α,β-unsaturated/α-hetero) is 1. The minimum absolute atomic E-state index is 0.0131. The Labute approximate surface area is 154 Å². The third-order valence-electron chi connectivity index (χ3n) is 5.79. The summed E-state index contributed by atoms with van der Waals surface area (Å²) in [5.41, 5.74) is 1.57. The number of aryl methyl sites for hydroxylation is 1. The quantitative estimate of drug-likeness (QED) is 0.436. The van der Waals surface area contributed by atoms with Crippen LogP contribution in [0.2, 0.25) is 0 Å². The lowest BCUT2D eigenvalue weighted by molar-refractivity contribution is -0.157. The lowest BCUT2D eigenvalue weighted by Crippen LogP contribution is -2.40. The third-order valence-corrected chi connectivity index (χ3v) is 6.99. The Morgan fingerprint density at radius 2 is 1.92 bits per heavy atom. The average Bonchev–Trinajstić information content (AvgIpc) is 3.19. The van der Waals surface area contributed by atoms with Crippen LogP contribution in [-0.2, 0) is 19.1 Å². The van der Waals surface area contributed by atoms with E-state index in [1.54, 1.807) is 19.1 Å². The number of hydrogen-bond acceptors (Lipinski definition) is 5. The average molecular weight is 407 g/mol. The molecule has 25 heavy (non-hydrogen) atoms. The topological polar surface area (TPSA) is 69.7 Å². The van der Waals surface area contributed by atoms with E-state index in [1.165, 1.54) is 0 Å². The highest BCUT2D eigenvalue weighted by atomic mass is 79.9. The molecular weight excluding hydrogens is 388 g/mol. The Kier molecular flexibility index (Phi) is 3.98. The number of ether oxygens (including phenoxy) is 2. The SMILES string of the molecule is Cc1ccc(C(=O)[C@H](C)OC(=O)[C@@H]2[C@H]3C[C@H]4[C@H](OC(=O)[C@H]42)[C@@H]3Br)cc1. The molecule has 4 rings (SSSR count). The molecule has 0 radical (unpaired) electrons. The summed E-state index contributed by atoms with van der Waals surface area (Å²) in [5.74, 6) is -1.83. The normalized spacial score (nSPS) is 36.2. The maximum absolute atomic E-state index is 12.7. The predicted octanol–water partition coefficient (Wildman–Crippen LogP) is 2.68. The zero-order valence-corrected chi connectivity index (χ0v) is 15.6. The second kappa shape index (κ2) is 5.94. The molecule has 5 nitrogen and oxygen atoms in total. The smallest absolute Gasteiger partial charge is 0.310 e. The minimum atomic E-state index is -0.878. The highest BCUT2D eigenvalue weighted by Gasteiger charge is 2.68. The summed E-state index contributed by atoms with van der Waals surface area (Å²) in [6, 6.07) is 7.16. The number of benzene rings is 1. The van der Waals surface area contributed by atoms with Crippen molar-refractivity contribution in [3.63, 3.8) is 0 Å². The van der Waals surface area contributed by atoms with Crippen molar-refractivity contribution in [2.24, 2.45) is 23.7 Å². The summed E-state index contributed by atoms with van der Waals surface area (Å²) in [4.78, 5) is 37.3. The molecule has 1 saturated heterocycles. The van der Waals surface area contributed by atoms with Crippen molar-refractivity contribution in [2.75, 3.05) is 0 Å². The lowest BCUT2D eigenvalue weighted by atomic mass is 9.80. The van der Waals surface area contributed by atoms with Gasteiger partial charge in [0.05, 0.1) is 16.7 Å². The number of fused-ring (bicyclic) bond motifs is 1. The number of ketones is 1. The minimum Gasteiger partial charge on any atom is -0.461 e. The number of esters is 2. The Balaban J connectivity index is 1.48. The van der Waals surface area contributed by atoms with Crippen LogP contribution in [0.1, 0.15) is 29.3 Å². The molecule has 3 fully saturated rings. The van der Waals surface area contributed by atoms with Gasteiger partial charge in [0.2, 0.25) is 5.78 Å². The first-order valence-corrected chi connectivity index (χ1v) is 9.46. The highest BCUT2D eigenvalue weighted by molar-refractivity contribution is 9.09. The van der Waals surface area contributed by atoms with Gasteiger partial charge in [0, 0.05) is 11.5 Å². The van der Waals surface area contributed by atoms with Crippen LogP contribution in [0, 0.1) is 30.6 Å². The second-order valence-electron chi connectivity index (χ2n) is 7.27. The molecule has 1 heterocycles. The van der Waals surface area contributed by atoms with Crippen LogP contribution in [0.4, 0.5) is 0 Å². The van der Waals surface area contributed by atoms with Gasteiger partial charge < -0.3 is 9.47 Å². The summed E-state index contributed by atoms with van der Waals surface area (Å²) in [5, 5.41) is 0. The fourth-order valence-corrected chi connectivity index (χ4v) is 5.60. The number of carbonyl (C=O) groups is 3.